The van der Waals surface area contributed by atoms with Crippen LogP contribution in [0, 0.1) is 0 Å². The van der Waals surface area contributed by atoms with Gasteiger partial charge in [-0.2, -0.15) is 0 Å². The summed E-state index contributed by atoms with van der Waals surface area (Å²) in [6.45, 7) is 22.1. The third kappa shape index (κ3) is 220. The Morgan fingerprint density at radius 1 is 0.585 bits per heavy atom. The summed E-state index contributed by atoms with van der Waals surface area (Å²) in [5.41, 5.74) is 11.9. The summed E-state index contributed by atoms with van der Waals surface area (Å²) in [6.07, 6.45) is 5.90. The first-order valence-electron chi connectivity index (χ1n) is 9.63. The summed E-state index contributed by atoms with van der Waals surface area (Å²) in [4.78, 5) is 20.8. The van der Waals surface area contributed by atoms with E-state index in [4.69, 9.17) is 21.3 Å². The van der Waals surface area contributed by atoms with Crippen LogP contribution in [-0.2, 0) is 67.9 Å². The summed E-state index contributed by atoms with van der Waals surface area (Å²) in [6, 6.07) is 0. The number of carbonyl (C=O) groups excluding carboxylic acids is 2. The number of amides is 2. The minimum atomic E-state index is -0.975. The van der Waals surface area contributed by atoms with Crippen molar-refractivity contribution in [2.45, 2.75) is 86.9 Å². The second-order valence-corrected chi connectivity index (χ2v) is 7.57. The number of ether oxygens (including phenoxy) is 2. The number of nitrogens with one attached hydrogen (secondary N) is 2. The van der Waals surface area contributed by atoms with Gasteiger partial charge in [0, 0.05) is 6.61 Å². The number of carbonyl (C=O) groups is 2. The van der Waals surface area contributed by atoms with Crippen LogP contribution in [0.4, 0.5) is 9.59 Å². The van der Waals surface area contributed by atoms with Crippen molar-refractivity contribution in [2.75, 3.05) is 19.7 Å². The van der Waals surface area contributed by atoms with Gasteiger partial charge in [0.1, 0.15) is 11.2 Å². The number of hydrogen-bond acceptors (Lipinski definition) is 5. The molecule has 2 amide bonds. The molecule has 0 aromatic rings. The van der Waals surface area contributed by atoms with Crippen LogP contribution in [0.1, 0.15) is 127 Å². The zero-order valence-corrected chi connectivity index (χ0v) is 119. The molecule has 0 aliphatic carbocycles. The standard InChI is InChI=1S/C9H17NO2.C5H11NO2.C4H8N.C4H8O.2CH4.18Ba.3Ru.36H/c1-5-6-7-10-8(11)12-9(2,3)4;1-5(2,3)8-4(6)7;2*1-2-3-4-5;;;;;;;;;;;;;;;;;;;;;;;;;;;;;;;;;;;;;;;;;;;;;;;;;;;;;;;;;;;/h5H,1,6-7H2,2-4H3,(H,10,11);1-3H3,(H2,6,7);2*2,5H,1,3-4H2;2*1H4;;;;;;;;;;;;;;;;;;;;;;;;;;;;;;;;;;;;;;;;;;;;;;;;;;;;;;;;;/q;;-1;;;;18*+2;3*+1;36*-1/p-2. The molecular weight excluding hydrogens is 3190 g/mol. The predicted octanol–water partition coefficient (Wildman–Crippen LogP) is 5.47. The van der Waals surface area contributed by atoms with E-state index in [0.717, 1.165) is 6.42 Å². The average Bonchev–Trinajstić information content (AvgIpc) is 2.54. The minimum absolute atomic E-state index is 0. The first kappa shape index (κ1) is 178. The van der Waals surface area contributed by atoms with E-state index in [1.54, 1.807) is 39.0 Å². The summed E-state index contributed by atoms with van der Waals surface area (Å²) in [5, 5.41) is 11.7. The van der Waals surface area contributed by atoms with Crippen LogP contribution in [-0.4, -0.2) is 928 Å². The molecule has 0 saturated carbocycles. The molecule has 0 bridgehead atoms. The van der Waals surface area contributed by atoms with Crippen molar-refractivity contribution in [3.05, 3.63) is 54.7 Å². The summed E-state index contributed by atoms with van der Waals surface area (Å²) in [7, 11) is 0. The Labute approximate surface area is 1150 Å². The average molecular weight is 3270 g/mol. The normalized spacial score (nSPS) is 5.43. The Bertz CT molecular complexity index is 594. The van der Waals surface area contributed by atoms with Crippen molar-refractivity contribution >= 4 is 892 Å². The van der Waals surface area contributed by atoms with E-state index in [9.17, 15) is 9.59 Å². The van der Waals surface area contributed by atoms with E-state index < -0.39 is 23.4 Å². The van der Waals surface area contributed by atoms with Gasteiger partial charge in [0.2, 0.25) is 12.2 Å². The molecule has 0 spiro atoms. The molecule has 0 aliphatic heterocycles. The fourth-order valence-corrected chi connectivity index (χ4v) is 1.01. The molecule has 0 atom stereocenters. The van der Waals surface area contributed by atoms with E-state index in [1.165, 1.54) is 0 Å². The molecule has 53 heavy (non-hydrogen) atoms. The van der Waals surface area contributed by atoms with E-state index >= 15 is 0 Å². The van der Waals surface area contributed by atoms with Crippen molar-refractivity contribution in [2.24, 2.45) is 0 Å². The molecule has 0 rings (SSSR count). The van der Waals surface area contributed by atoms with Crippen LogP contribution in [0.3, 0.4) is 0 Å². The van der Waals surface area contributed by atoms with E-state index in [2.05, 4.69) is 29.8 Å². The Morgan fingerprint density at radius 3 is 0.925 bits per heavy atom. The smallest absolute Gasteiger partial charge is 1.00 e. The topological polar surface area (TPSA) is 135 Å². The van der Waals surface area contributed by atoms with Crippen LogP contribution in [0.25, 0.3) is 16.8 Å². The maximum absolute atomic E-state index is 10.9. The van der Waals surface area contributed by atoms with Crippen molar-refractivity contribution < 1.29 is 134 Å². The Hall–Kier alpha value is 27.8. The maximum atomic E-state index is 10.9. The molecule has 29 heteroatoms. The van der Waals surface area contributed by atoms with Gasteiger partial charge >= 0.3 is 938 Å². The van der Waals surface area contributed by atoms with Crippen LogP contribution < -0.4 is 0 Å². The fourth-order valence-electron chi connectivity index (χ4n) is 1.01. The Morgan fingerprint density at radius 2 is 0.830 bits per heavy atom. The van der Waals surface area contributed by atoms with Crippen molar-refractivity contribution in [1.82, 2.24) is 0 Å². The summed E-state index contributed by atoms with van der Waals surface area (Å²) in [5.74, 6) is 0. The Kier molecular flexibility index (Phi) is 498. The van der Waals surface area contributed by atoms with E-state index in [-0.39, 0.29) is 1010 Å². The largest absolute Gasteiger partial charge is 2.00 e. The van der Waals surface area contributed by atoms with Gasteiger partial charge in [-0.3, -0.25) is 9.59 Å². The van der Waals surface area contributed by atoms with Gasteiger partial charge in [-0.05, 0) is 48.0 Å². The third-order valence-corrected chi connectivity index (χ3v) is 2.05. The van der Waals surface area contributed by atoms with Crippen LogP contribution in [0.15, 0.2) is 38.0 Å². The number of aliphatic hydroxyl groups excluding tert-OH is 1. The van der Waals surface area contributed by atoms with Gasteiger partial charge in [-0.25, -0.2) is 0 Å². The summed E-state index contributed by atoms with van der Waals surface area (Å²) < 4.78 is 9.41. The second kappa shape index (κ2) is 148. The quantitative estimate of drug-likeness (QED) is 0.205. The zero-order chi connectivity index (χ0) is 24.6. The van der Waals surface area contributed by atoms with Crippen LogP contribution >= 0.6 is 0 Å². The first-order chi connectivity index (χ1) is 13.7. The molecule has 0 fully saturated rings. The van der Waals surface area contributed by atoms with E-state index in [1.807, 2.05) is 20.8 Å². The zero-order valence-electron chi connectivity index (χ0n) is 69.4. The second-order valence-electron chi connectivity index (χ2n) is 7.57. The van der Waals surface area contributed by atoms with Gasteiger partial charge in [0.15, 0.2) is 0 Å². The van der Waals surface area contributed by atoms with Gasteiger partial charge in [0.25, 0.3) is 0 Å². The van der Waals surface area contributed by atoms with Crippen LogP contribution in [0.2, 0.25) is 0 Å². The van der Waals surface area contributed by atoms with Crippen molar-refractivity contribution in [3.8, 4) is 0 Å². The Balaban J connectivity index is -0.00000000138. The predicted molar refractivity (Wildman–Crippen MR) is 283 cm³/mol. The molecule has 0 heterocycles. The van der Waals surface area contributed by atoms with Gasteiger partial charge in [-0.15, -0.1) is 32.8 Å². The number of nitrogens with zero attached hydrogens (tertiary/aromatic N) is 1. The molecule has 3 N–H and O–H groups in total. The van der Waals surface area contributed by atoms with E-state index in [0.29, 0.717) is 25.9 Å². The molecule has 0 unspecified atom stereocenters. The first-order valence-corrected chi connectivity index (χ1v) is 9.63. The number of hydrogen-bond donors (Lipinski definition) is 1. The fraction of sp³-hybridized carbons (Fsp3) is 0.667. The van der Waals surface area contributed by atoms with Gasteiger partial charge < -0.3 is 82.7 Å². The van der Waals surface area contributed by atoms with Gasteiger partial charge in [-0.1, -0.05) is 45.9 Å². The molecule has 8 nitrogen and oxygen atoms in total. The van der Waals surface area contributed by atoms with Crippen molar-refractivity contribution in [3.63, 3.8) is 0 Å². The van der Waals surface area contributed by atoms with Crippen LogP contribution in [0.5, 0.6) is 0 Å². The molecule has 3 radical (unpaired) electrons. The molecule has 0 aromatic heterocycles. The number of rotatable bonds is 7. The minimum Gasteiger partial charge on any atom is -1.00 e. The SMILES string of the molecule is C.C.C=CCCO.C=CCC[N-]C(=O)OC(C)(C)C.C=CCC[NH-].CC(C)(C)OC([NH-])=O.[Ba+2].[Ba+2].[Ba+2].[Ba+2].[Ba+2].[Ba+2].[Ba+2].[Ba+2].[Ba+2].[Ba+2].[Ba+2].[Ba+2].[Ba+2].[Ba+2].[Ba+2].[Ba+2].[Ba+2].[Ba+2].[H-].[H-].[H-].[H-].[H-].[H-].[H-].[H-].[H-].[H-].[H-].[H-].[H-].[H-].[H-].[H-].[H-].[H-].[H-].[H-].[H-].[H-].[H-].[H-].[H-].[H-].[H-].[H-].[H-].[H-].[H-].[H-].[H-].[H-].[H-].[H-].[Ru+].[Ru+].[Ru+]. The number of aliphatic hydroxyl groups is 1. The molecular formula is C24H86Ba18N3O5Ru3. The molecule has 0 aliphatic rings. The molecule has 287 valence electrons. The van der Waals surface area contributed by atoms with Crippen molar-refractivity contribution in [1.29, 1.82) is 0 Å². The van der Waals surface area contributed by atoms with Gasteiger partial charge in [0.05, 0.1) is 0 Å². The molecule has 0 saturated heterocycles. The third-order valence-electron chi connectivity index (χ3n) is 2.05. The molecule has 0 aromatic carbocycles. The maximum Gasteiger partial charge on any atom is 2.00 e. The monoisotopic (exact) mass is 3280 g/mol. The summed E-state index contributed by atoms with van der Waals surface area (Å²) >= 11 is 0.